The lowest BCUT2D eigenvalue weighted by atomic mass is 10.2. The number of nitrogens with zero attached hydrogens (tertiary/aromatic N) is 1. The zero-order chi connectivity index (χ0) is 18.3. The lowest BCUT2D eigenvalue weighted by Crippen LogP contribution is -2.38. The summed E-state index contributed by atoms with van der Waals surface area (Å²) < 4.78 is 36.0. The number of hydrogen-bond donors (Lipinski definition) is 1. The summed E-state index contributed by atoms with van der Waals surface area (Å²) in [5.41, 5.74) is 0.651. The number of ether oxygens (including phenoxy) is 2. The Labute approximate surface area is 149 Å². The summed E-state index contributed by atoms with van der Waals surface area (Å²) >= 11 is 0. The maximum Gasteiger partial charge on any atom is 0.225 e. The van der Waals surface area contributed by atoms with Crippen LogP contribution in [0.3, 0.4) is 0 Å². The molecule has 1 aliphatic rings. The Hall–Kier alpha value is -1.64. The van der Waals surface area contributed by atoms with Gasteiger partial charge in [0.05, 0.1) is 19.0 Å². The number of amides is 1. The maximum absolute atomic E-state index is 12.1. The highest BCUT2D eigenvalue weighted by molar-refractivity contribution is 7.88. The SMILES string of the molecule is CCOc1ccc(NC(=O)CCN(CC2CCCO2)S(C)(=O)=O)cc1. The van der Waals surface area contributed by atoms with Gasteiger partial charge in [0, 0.05) is 31.8 Å². The van der Waals surface area contributed by atoms with Crippen molar-refractivity contribution in [1.82, 2.24) is 4.31 Å². The molecule has 0 aromatic heterocycles. The maximum atomic E-state index is 12.1. The van der Waals surface area contributed by atoms with Gasteiger partial charge in [0.25, 0.3) is 0 Å². The monoisotopic (exact) mass is 370 g/mol. The van der Waals surface area contributed by atoms with Crippen LogP contribution in [0.25, 0.3) is 0 Å². The van der Waals surface area contributed by atoms with Gasteiger partial charge in [-0.3, -0.25) is 4.79 Å². The summed E-state index contributed by atoms with van der Waals surface area (Å²) in [7, 11) is -3.38. The van der Waals surface area contributed by atoms with E-state index in [4.69, 9.17) is 9.47 Å². The molecule has 0 aliphatic carbocycles. The van der Waals surface area contributed by atoms with Crippen LogP contribution in [0.4, 0.5) is 5.69 Å². The van der Waals surface area contributed by atoms with Crippen LogP contribution in [-0.2, 0) is 19.6 Å². The van der Waals surface area contributed by atoms with Crippen molar-refractivity contribution in [2.24, 2.45) is 0 Å². The van der Waals surface area contributed by atoms with Gasteiger partial charge >= 0.3 is 0 Å². The fraction of sp³-hybridized carbons (Fsp3) is 0.588. The second-order valence-electron chi connectivity index (χ2n) is 6.01. The fourth-order valence-corrected chi connectivity index (χ4v) is 3.52. The van der Waals surface area contributed by atoms with E-state index in [2.05, 4.69) is 5.32 Å². The van der Waals surface area contributed by atoms with Gasteiger partial charge in [0.1, 0.15) is 5.75 Å². The van der Waals surface area contributed by atoms with E-state index in [0.717, 1.165) is 24.8 Å². The quantitative estimate of drug-likeness (QED) is 0.717. The number of benzene rings is 1. The molecule has 0 spiro atoms. The first-order valence-electron chi connectivity index (χ1n) is 8.48. The molecule has 0 bridgehead atoms. The molecule has 7 nitrogen and oxygen atoms in total. The Bertz CT molecular complexity index is 654. The molecular formula is C17H26N2O5S. The number of sulfonamides is 1. The molecule has 1 heterocycles. The molecule has 140 valence electrons. The van der Waals surface area contributed by atoms with Crippen molar-refractivity contribution < 1.29 is 22.7 Å². The van der Waals surface area contributed by atoms with Crippen molar-refractivity contribution in [3.63, 3.8) is 0 Å². The lowest BCUT2D eigenvalue weighted by Gasteiger charge is -2.22. The van der Waals surface area contributed by atoms with Crippen LogP contribution in [0.15, 0.2) is 24.3 Å². The van der Waals surface area contributed by atoms with Gasteiger partial charge in [-0.15, -0.1) is 0 Å². The number of rotatable bonds is 9. The summed E-state index contributed by atoms with van der Waals surface area (Å²) in [6, 6.07) is 7.06. The average Bonchev–Trinajstić information content (AvgIpc) is 3.05. The second-order valence-corrected chi connectivity index (χ2v) is 7.99. The number of carbonyl (C=O) groups excluding carboxylic acids is 1. The molecule has 0 radical (unpaired) electrons. The molecule has 1 aromatic rings. The number of anilines is 1. The molecule has 8 heteroatoms. The van der Waals surface area contributed by atoms with Crippen molar-refractivity contribution in [3.05, 3.63) is 24.3 Å². The normalized spacial score (nSPS) is 17.6. The van der Waals surface area contributed by atoms with Crippen molar-refractivity contribution in [2.75, 3.05) is 37.9 Å². The van der Waals surface area contributed by atoms with Gasteiger partial charge in [-0.25, -0.2) is 8.42 Å². The van der Waals surface area contributed by atoms with Crippen molar-refractivity contribution in [2.45, 2.75) is 32.3 Å². The summed E-state index contributed by atoms with van der Waals surface area (Å²) in [4.78, 5) is 12.1. The van der Waals surface area contributed by atoms with Gasteiger partial charge in [0.2, 0.25) is 15.9 Å². The third-order valence-corrected chi connectivity index (χ3v) is 5.21. The minimum atomic E-state index is -3.38. The van der Waals surface area contributed by atoms with E-state index in [-0.39, 0.29) is 25.0 Å². The molecule has 1 fully saturated rings. The molecule has 1 aliphatic heterocycles. The molecule has 1 aromatic carbocycles. The van der Waals surface area contributed by atoms with Gasteiger partial charge < -0.3 is 14.8 Å². The second kappa shape index (κ2) is 9.17. The minimum Gasteiger partial charge on any atom is -0.494 e. The molecule has 1 saturated heterocycles. The highest BCUT2D eigenvalue weighted by atomic mass is 32.2. The molecule has 1 amide bonds. The summed E-state index contributed by atoms with van der Waals surface area (Å²) in [6.45, 7) is 3.59. The van der Waals surface area contributed by atoms with E-state index in [9.17, 15) is 13.2 Å². The van der Waals surface area contributed by atoms with E-state index in [1.165, 1.54) is 4.31 Å². The lowest BCUT2D eigenvalue weighted by molar-refractivity contribution is -0.116. The fourth-order valence-electron chi connectivity index (χ4n) is 2.66. The number of carbonyl (C=O) groups is 1. The molecule has 25 heavy (non-hydrogen) atoms. The van der Waals surface area contributed by atoms with Crippen molar-refractivity contribution in [1.29, 1.82) is 0 Å². The van der Waals surface area contributed by atoms with Crippen LogP contribution in [-0.4, -0.2) is 57.3 Å². The van der Waals surface area contributed by atoms with Gasteiger partial charge in [-0.2, -0.15) is 4.31 Å². The highest BCUT2D eigenvalue weighted by Gasteiger charge is 2.25. The third kappa shape index (κ3) is 6.64. The summed E-state index contributed by atoms with van der Waals surface area (Å²) in [5.74, 6) is 0.505. The Balaban J connectivity index is 1.85. The Kier molecular flexibility index (Phi) is 7.22. The van der Waals surface area contributed by atoms with Gasteiger partial charge in [-0.1, -0.05) is 0 Å². The first-order chi connectivity index (χ1) is 11.9. The number of hydrogen-bond acceptors (Lipinski definition) is 5. The van der Waals surface area contributed by atoms with Crippen LogP contribution >= 0.6 is 0 Å². The first-order valence-corrected chi connectivity index (χ1v) is 10.3. The third-order valence-electron chi connectivity index (χ3n) is 3.94. The molecule has 0 saturated carbocycles. The van der Waals surface area contributed by atoms with Crippen LogP contribution in [0.1, 0.15) is 26.2 Å². The summed E-state index contributed by atoms with van der Waals surface area (Å²) in [6.07, 6.45) is 2.97. The van der Waals surface area contributed by atoms with E-state index in [1.54, 1.807) is 24.3 Å². The van der Waals surface area contributed by atoms with E-state index < -0.39 is 10.0 Å². The smallest absolute Gasteiger partial charge is 0.225 e. The molecule has 1 unspecified atom stereocenters. The Morgan fingerprint density at radius 1 is 1.36 bits per heavy atom. The van der Waals surface area contributed by atoms with Gasteiger partial charge in [0.15, 0.2) is 0 Å². The van der Waals surface area contributed by atoms with Crippen LogP contribution in [0.2, 0.25) is 0 Å². The van der Waals surface area contributed by atoms with Crippen molar-refractivity contribution >= 4 is 21.6 Å². The number of nitrogens with one attached hydrogen (secondary N) is 1. The molecule has 2 rings (SSSR count). The predicted molar refractivity (Wildman–Crippen MR) is 96.2 cm³/mol. The first kappa shape index (κ1) is 19.7. The Morgan fingerprint density at radius 3 is 2.64 bits per heavy atom. The van der Waals surface area contributed by atoms with E-state index in [1.807, 2.05) is 6.92 Å². The minimum absolute atomic E-state index is 0.0797. The zero-order valence-corrected chi connectivity index (χ0v) is 15.5. The predicted octanol–water partition coefficient (Wildman–Crippen LogP) is 1.85. The largest absolute Gasteiger partial charge is 0.494 e. The topological polar surface area (TPSA) is 84.9 Å². The highest BCUT2D eigenvalue weighted by Crippen LogP contribution is 2.17. The van der Waals surface area contributed by atoms with Crippen LogP contribution in [0, 0.1) is 0 Å². The van der Waals surface area contributed by atoms with Crippen LogP contribution in [0.5, 0.6) is 5.75 Å². The Morgan fingerprint density at radius 2 is 2.08 bits per heavy atom. The van der Waals surface area contributed by atoms with Crippen LogP contribution < -0.4 is 10.1 Å². The summed E-state index contributed by atoms with van der Waals surface area (Å²) in [5, 5.41) is 2.76. The van der Waals surface area contributed by atoms with E-state index >= 15 is 0 Å². The van der Waals surface area contributed by atoms with Gasteiger partial charge in [-0.05, 0) is 44.0 Å². The average molecular weight is 370 g/mol. The van der Waals surface area contributed by atoms with E-state index in [0.29, 0.717) is 25.4 Å². The molecule has 1 atom stereocenters. The van der Waals surface area contributed by atoms with Crippen molar-refractivity contribution in [3.8, 4) is 5.75 Å². The molecular weight excluding hydrogens is 344 g/mol. The molecule has 1 N–H and O–H groups in total. The standard InChI is InChI=1S/C17H26N2O5S/c1-3-23-15-8-6-14(7-9-15)18-17(20)10-11-19(25(2,21)22)13-16-5-4-12-24-16/h6-9,16H,3-5,10-13H2,1-2H3,(H,18,20). The zero-order valence-electron chi connectivity index (χ0n) is 14.7.